The molecule has 2 aliphatic carbocycles. The Kier molecular flexibility index (Phi) is 5.46. The summed E-state index contributed by atoms with van der Waals surface area (Å²) in [5.41, 5.74) is 0. The minimum atomic E-state index is 0.356. The van der Waals surface area contributed by atoms with Gasteiger partial charge in [-0.3, -0.25) is 0 Å². The summed E-state index contributed by atoms with van der Waals surface area (Å²) < 4.78 is 0. The lowest BCUT2D eigenvalue weighted by Crippen LogP contribution is -2.15. The van der Waals surface area contributed by atoms with Gasteiger partial charge in [-0.15, -0.1) is 0 Å². The average molecular weight is 248 g/mol. The van der Waals surface area contributed by atoms with Crippen molar-refractivity contribution < 1.29 is 4.79 Å². The van der Waals surface area contributed by atoms with Gasteiger partial charge in [-0.1, -0.05) is 25.5 Å². The summed E-state index contributed by atoms with van der Waals surface area (Å²) in [4.78, 5) is 10.7. The third-order valence-electron chi connectivity index (χ3n) is 5.13. The summed E-state index contributed by atoms with van der Waals surface area (Å²) in [6.07, 6.45) is 17.8. The van der Waals surface area contributed by atoms with Gasteiger partial charge in [0, 0.05) is 5.92 Å². The Hall–Kier alpha value is -0.590. The van der Waals surface area contributed by atoms with Crippen LogP contribution in [-0.2, 0) is 4.79 Å². The van der Waals surface area contributed by atoms with Crippen LogP contribution >= 0.6 is 0 Å². The van der Waals surface area contributed by atoms with Crippen LogP contribution in [0.15, 0.2) is 12.2 Å². The minimum Gasteiger partial charge on any atom is -0.303 e. The van der Waals surface area contributed by atoms with Crippen LogP contribution in [0.2, 0.25) is 0 Å². The highest BCUT2D eigenvalue weighted by Crippen LogP contribution is 2.33. The second-order valence-electron chi connectivity index (χ2n) is 6.38. The average Bonchev–Trinajstić information content (AvgIpc) is 2.46. The molecule has 1 nitrogen and oxygen atoms in total. The Bertz CT molecular complexity index is 265. The van der Waals surface area contributed by atoms with E-state index in [0.717, 1.165) is 36.9 Å². The molecule has 18 heavy (non-hydrogen) atoms. The lowest BCUT2D eigenvalue weighted by Gasteiger charge is -2.27. The van der Waals surface area contributed by atoms with Crippen molar-refractivity contribution in [3.05, 3.63) is 12.2 Å². The van der Waals surface area contributed by atoms with E-state index in [1.807, 2.05) is 0 Å². The molecular weight excluding hydrogens is 220 g/mol. The highest BCUT2D eigenvalue weighted by atomic mass is 16.1. The maximum Gasteiger partial charge on any atom is 0.123 e. The van der Waals surface area contributed by atoms with Crippen LogP contribution in [0, 0.1) is 23.7 Å². The van der Waals surface area contributed by atoms with Gasteiger partial charge < -0.3 is 4.79 Å². The smallest absolute Gasteiger partial charge is 0.123 e. The molecule has 0 radical (unpaired) electrons. The molecule has 0 spiro atoms. The van der Waals surface area contributed by atoms with Crippen LogP contribution in [-0.4, -0.2) is 6.29 Å². The molecule has 0 atom stereocenters. The Labute approximate surface area is 112 Å². The molecule has 2 rings (SSSR count). The summed E-state index contributed by atoms with van der Waals surface area (Å²) in [6.45, 7) is 2.33. The van der Waals surface area contributed by atoms with Crippen molar-refractivity contribution in [3.8, 4) is 0 Å². The van der Waals surface area contributed by atoms with Crippen LogP contribution in [0.5, 0.6) is 0 Å². The van der Waals surface area contributed by atoms with Crippen molar-refractivity contribution >= 4 is 6.29 Å². The van der Waals surface area contributed by atoms with Gasteiger partial charge in [0.1, 0.15) is 6.29 Å². The van der Waals surface area contributed by atoms with Crippen molar-refractivity contribution in [2.75, 3.05) is 0 Å². The van der Waals surface area contributed by atoms with Crippen LogP contribution in [0.4, 0.5) is 0 Å². The first-order valence-corrected chi connectivity index (χ1v) is 7.95. The molecule has 0 saturated heterocycles. The molecule has 0 bridgehead atoms. The molecular formula is C17H28O. The summed E-state index contributed by atoms with van der Waals surface area (Å²) in [5, 5.41) is 0. The quantitative estimate of drug-likeness (QED) is 0.517. The van der Waals surface area contributed by atoms with E-state index in [1.54, 1.807) is 0 Å². The third kappa shape index (κ3) is 3.96. The number of hydrogen-bond donors (Lipinski definition) is 0. The molecule has 0 aromatic rings. The van der Waals surface area contributed by atoms with Crippen LogP contribution < -0.4 is 0 Å². The van der Waals surface area contributed by atoms with Gasteiger partial charge >= 0.3 is 0 Å². The number of aldehydes is 1. The number of allylic oxidation sites excluding steroid dienone is 2. The summed E-state index contributed by atoms with van der Waals surface area (Å²) >= 11 is 0. The van der Waals surface area contributed by atoms with E-state index >= 15 is 0 Å². The van der Waals surface area contributed by atoms with E-state index in [1.165, 1.54) is 44.9 Å². The molecule has 0 unspecified atom stereocenters. The molecule has 0 N–H and O–H groups in total. The zero-order valence-corrected chi connectivity index (χ0v) is 11.8. The van der Waals surface area contributed by atoms with Gasteiger partial charge in [0.25, 0.3) is 0 Å². The highest BCUT2D eigenvalue weighted by molar-refractivity contribution is 5.53. The SMILES string of the molecule is CCC1CCC(/C=C/C2CCC(C=O)CC2)CC1. The summed E-state index contributed by atoms with van der Waals surface area (Å²) in [6, 6.07) is 0. The number of hydrogen-bond acceptors (Lipinski definition) is 1. The largest absolute Gasteiger partial charge is 0.303 e. The van der Waals surface area contributed by atoms with Gasteiger partial charge in [0.2, 0.25) is 0 Å². The first-order valence-electron chi connectivity index (χ1n) is 7.95. The van der Waals surface area contributed by atoms with E-state index in [-0.39, 0.29) is 0 Å². The first-order chi connectivity index (χ1) is 8.81. The molecule has 2 saturated carbocycles. The number of carbonyl (C=O) groups is 1. The number of rotatable bonds is 4. The maximum atomic E-state index is 10.7. The van der Waals surface area contributed by atoms with Crippen molar-refractivity contribution in [2.45, 2.75) is 64.7 Å². The van der Waals surface area contributed by atoms with Gasteiger partial charge in [-0.2, -0.15) is 0 Å². The molecule has 2 fully saturated rings. The van der Waals surface area contributed by atoms with Crippen LogP contribution in [0.25, 0.3) is 0 Å². The monoisotopic (exact) mass is 248 g/mol. The van der Waals surface area contributed by atoms with Crippen LogP contribution in [0.1, 0.15) is 64.7 Å². The maximum absolute atomic E-state index is 10.7. The molecule has 1 heteroatoms. The lowest BCUT2D eigenvalue weighted by molar-refractivity contribution is -0.112. The predicted molar refractivity (Wildman–Crippen MR) is 76.4 cm³/mol. The third-order valence-corrected chi connectivity index (χ3v) is 5.13. The normalized spacial score (nSPS) is 37.8. The molecule has 0 heterocycles. The number of carbonyl (C=O) groups excluding carboxylic acids is 1. The topological polar surface area (TPSA) is 17.1 Å². The molecule has 2 aliphatic rings. The summed E-state index contributed by atoms with van der Waals surface area (Å²) in [7, 11) is 0. The van der Waals surface area contributed by atoms with E-state index < -0.39 is 0 Å². The standard InChI is InChI=1S/C17H28O/c1-2-14-3-5-15(6-4-14)7-8-16-9-11-17(13-18)12-10-16/h7-8,13-17H,2-6,9-12H2,1H3/b8-7+. The molecule has 0 aromatic heterocycles. The van der Waals surface area contributed by atoms with Gasteiger partial charge in [0.05, 0.1) is 0 Å². The zero-order valence-electron chi connectivity index (χ0n) is 11.8. The Morgan fingerprint density at radius 3 is 1.67 bits per heavy atom. The van der Waals surface area contributed by atoms with Crippen LogP contribution in [0.3, 0.4) is 0 Å². The summed E-state index contributed by atoms with van der Waals surface area (Å²) in [5.74, 6) is 2.95. The van der Waals surface area contributed by atoms with E-state index in [4.69, 9.17) is 0 Å². The highest BCUT2D eigenvalue weighted by Gasteiger charge is 2.20. The van der Waals surface area contributed by atoms with Gasteiger partial charge in [-0.05, 0) is 69.1 Å². The van der Waals surface area contributed by atoms with Crippen molar-refractivity contribution in [2.24, 2.45) is 23.7 Å². The molecule has 102 valence electrons. The fraction of sp³-hybridized carbons (Fsp3) is 0.824. The lowest BCUT2D eigenvalue weighted by atomic mass is 9.79. The molecule has 0 amide bonds. The van der Waals surface area contributed by atoms with E-state index in [0.29, 0.717) is 5.92 Å². The minimum absolute atomic E-state index is 0.356. The Balaban J connectivity index is 1.70. The first kappa shape index (κ1) is 13.8. The second-order valence-corrected chi connectivity index (χ2v) is 6.38. The molecule has 0 aliphatic heterocycles. The van der Waals surface area contributed by atoms with Gasteiger partial charge in [0.15, 0.2) is 0 Å². The van der Waals surface area contributed by atoms with Gasteiger partial charge in [-0.25, -0.2) is 0 Å². The van der Waals surface area contributed by atoms with Crippen molar-refractivity contribution in [3.63, 3.8) is 0 Å². The fourth-order valence-corrected chi connectivity index (χ4v) is 3.58. The van der Waals surface area contributed by atoms with Crippen molar-refractivity contribution in [1.29, 1.82) is 0 Å². The zero-order chi connectivity index (χ0) is 12.8. The van der Waals surface area contributed by atoms with Crippen molar-refractivity contribution in [1.82, 2.24) is 0 Å². The predicted octanol–water partition coefficient (Wildman–Crippen LogP) is 4.76. The van der Waals surface area contributed by atoms with E-state index in [2.05, 4.69) is 19.1 Å². The fourth-order valence-electron chi connectivity index (χ4n) is 3.58. The Morgan fingerprint density at radius 2 is 1.22 bits per heavy atom. The second kappa shape index (κ2) is 7.11. The van der Waals surface area contributed by atoms with E-state index in [9.17, 15) is 4.79 Å². The molecule has 0 aromatic carbocycles. The Morgan fingerprint density at radius 1 is 0.778 bits per heavy atom.